The van der Waals surface area contributed by atoms with Crippen LogP contribution in [0.3, 0.4) is 0 Å². The Hall–Kier alpha value is -1.62. The van der Waals surface area contributed by atoms with Crippen molar-refractivity contribution in [2.45, 2.75) is 5.33 Å². The third kappa shape index (κ3) is 2.30. The molecule has 0 aliphatic carbocycles. The molecule has 0 spiro atoms. The second kappa shape index (κ2) is 4.94. The van der Waals surface area contributed by atoms with Gasteiger partial charge < -0.3 is 5.32 Å². The Bertz CT molecular complexity index is 482. The predicted molar refractivity (Wildman–Crippen MR) is 65.6 cm³/mol. The Balaban J connectivity index is 2.18. The summed E-state index contributed by atoms with van der Waals surface area (Å²) in [4.78, 5) is 11.8. The average molecular weight is 280 g/mol. The lowest BCUT2D eigenvalue weighted by atomic mass is 10.2. The maximum absolute atomic E-state index is 11.8. The number of H-pyrrole nitrogens is 1. The van der Waals surface area contributed by atoms with Gasteiger partial charge in [-0.25, -0.2) is 0 Å². The lowest BCUT2D eigenvalue weighted by molar-refractivity contribution is 0.102. The quantitative estimate of drug-likeness (QED) is 0.849. The number of aromatic amines is 1. The molecule has 0 saturated heterocycles. The number of anilines is 1. The van der Waals surface area contributed by atoms with Crippen molar-refractivity contribution >= 4 is 27.5 Å². The second-order valence-electron chi connectivity index (χ2n) is 3.23. The van der Waals surface area contributed by atoms with Crippen LogP contribution in [0.2, 0.25) is 0 Å². The topological polar surface area (TPSA) is 57.8 Å². The number of benzene rings is 1. The summed E-state index contributed by atoms with van der Waals surface area (Å²) in [7, 11) is 0. The van der Waals surface area contributed by atoms with E-state index in [1.807, 2.05) is 24.3 Å². The predicted octanol–water partition coefficient (Wildman–Crippen LogP) is 2.56. The zero-order valence-electron chi connectivity index (χ0n) is 8.40. The molecule has 2 rings (SSSR count). The zero-order chi connectivity index (χ0) is 11.4. The molecule has 0 fully saturated rings. The van der Waals surface area contributed by atoms with Crippen LogP contribution in [0.15, 0.2) is 36.7 Å². The van der Waals surface area contributed by atoms with Gasteiger partial charge in [0.25, 0.3) is 5.91 Å². The van der Waals surface area contributed by atoms with Crippen molar-refractivity contribution < 1.29 is 4.79 Å². The molecule has 2 aromatic rings. The maximum Gasteiger partial charge on any atom is 0.258 e. The van der Waals surface area contributed by atoms with E-state index in [1.165, 1.54) is 6.20 Å². The van der Waals surface area contributed by atoms with Gasteiger partial charge in [0.05, 0.1) is 11.8 Å². The molecule has 16 heavy (non-hydrogen) atoms. The molecule has 0 radical (unpaired) electrons. The van der Waals surface area contributed by atoms with Crippen LogP contribution in [-0.2, 0) is 5.33 Å². The molecular formula is C11H10BrN3O. The summed E-state index contributed by atoms with van der Waals surface area (Å²) in [6.45, 7) is 0. The van der Waals surface area contributed by atoms with E-state index >= 15 is 0 Å². The van der Waals surface area contributed by atoms with E-state index in [4.69, 9.17) is 0 Å². The molecule has 82 valence electrons. The first kappa shape index (κ1) is 10.9. The average Bonchev–Trinajstić information content (AvgIpc) is 2.83. The highest BCUT2D eigenvalue weighted by molar-refractivity contribution is 9.08. The summed E-state index contributed by atoms with van der Waals surface area (Å²) in [6.07, 6.45) is 3.05. The van der Waals surface area contributed by atoms with E-state index in [0.717, 1.165) is 11.3 Å². The van der Waals surface area contributed by atoms with Gasteiger partial charge in [-0.1, -0.05) is 34.1 Å². The zero-order valence-corrected chi connectivity index (χ0v) is 9.99. The van der Waals surface area contributed by atoms with E-state index in [2.05, 4.69) is 31.4 Å². The van der Waals surface area contributed by atoms with Crippen molar-refractivity contribution in [1.29, 1.82) is 0 Å². The van der Waals surface area contributed by atoms with E-state index in [0.29, 0.717) is 10.9 Å². The molecule has 1 aromatic carbocycles. The van der Waals surface area contributed by atoms with Crippen LogP contribution in [0.25, 0.3) is 0 Å². The molecule has 1 amide bonds. The van der Waals surface area contributed by atoms with Gasteiger partial charge in [-0.3, -0.25) is 9.89 Å². The van der Waals surface area contributed by atoms with Crippen LogP contribution in [-0.4, -0.2) is 16.1 Å². The lowest BCUT2D eigenvalue weighted by Gasteiger charge is -2.07. The van der Waals surface area contributed by atoms with Crippen molar-refractivity contribution in [3.05, 3.63) is 47.8 Å². The smallest absolute Gasteiger partial charge is 0.258 e. The molecule has 0 bridgehead atoms. The highest BCUT2D eigenvalue weighted by Gasteiger charge is 2.08. The first-order valence-electron chi connectivity index (χ1n) is 4.75. The second-order valence-corrected chi connectivity index (χ2v) is 3.79. The lowest BCUT2D eigenvalue weighted by Crippen LogP contribution is -2.12. The van der Waals surface area contributed by atoms with Crippen LogP contribution >= 0.6 is 15.9 Å². The minimum Gasteiger partial charge on any atom is -0.322 e. The van der Waals surface area contributed by atoms with E-state index < -0.39 is 0 Å². The summed E-state index contributed by atoms with van der Waals surface area (Å²) >= 11 is 3.38. The van der Waals surface area contributed by atoms with Gasteiger partial charge in [-0.05, 0) is 11.6 Å². The molecule has 4 nitrogen and oxygen atoms in total. The standard InChI is InChI=1S/C11H10BrN3O/c12-5-8-3-1-2-4-10(8)15-11(16)9-6-13-14-7-9/h1-4,6-7H,5H2,(H,13,14)(H,15,16). The molecule has 0 atom stereocenters. The summed E-state index contributed by atoms with van der Waals surface area (Å²) < 4.78 is 0. The minimum absolute atomic E-state index is 0.165. The van der Waals surface area contributed by atoms with Crippen LogP contribution in [0.4, 0.5) is 5.69 Å². The monoisotopic (exact) mass is 279 g/mol. The number of amides is 1. The number of nitrogens with one attached hydrogen (secondary N) is 2. The Labute approximate surface area is 101 Å². The van der Waals surface area contributed by atoms with Gasteiger partial charge in [-0.15, -0.1) is 0 Å². The summed E-state index contributed by atoms with van der Waals surface area (Å²) in [6, 6.07) is 7.65. The van der Waals surface area contributed by atoms with Crippen molar-refractivity contribution in [2.24, 2.45) is 0 Å². The third-order valence-corrected chi connectivity index (χ3v) is 2.77. The summed E-state index contributed by atoms with van der Waals surface area (Å²) in [5, 5.41) is 9.88. The van der Waals surface area contributed by atoms with E-state index in [9.17, 15) is 4.79 Å². The maximum atomic E-state index is 11.8. The fourth-order valence-electron chi connectivity index (χ4n) is 1.33. The molecule has 1 heterocycles. The highest BCUT2D eigenvalue weighted by atomic mass is 79.9. The number of para-hydroxylation sites is 1. The molecular weight excluding hydrogens is 270 g/mol. The Morgan fingerprint density at radius 2 is 2.25 bits per heavy atom. The minimum atomic E-state index is -0.165. The van der Waals surface area contributed by atoms with E-state index in [1.54, 1.807) is 6.20 Å². The van der Waals surface area contributed by atoms with Crippen LogP contribution in [0, 0.1) is 0 Å². The van der Waals surface area contributed by atoms with Gasteiger partial charge >= 0.3 is 0 Å². The Morgan fingerprint density at radius 3 is 2.94 bits per heavy atom. The van der Waals surface area contributed by atoms with E-state index in [-0.39, 0.29) is 5.91 Å². The van der Waals surface area contributed by atoms with Crippen LogP contribution < -0.4 is 5.32 Å². The number of nitrogens with zero attached hydrogens (tertiary/aromatic N) is 1. The van der Waals surface area contributed by atoms with Crippen molar-refractivity contribution in [1.82, 2.24) is 10.2 Å². The van der Waals surface area contributed by atoms with Crippen LogP contribution in [0.1, 0.15) is 15.9 Å². The van der Waals surface area contributed by atoms with Crippen LogP contribution in [0.5, 0.6) is 0 Å². The van der Waals surface area contributed by atoms with Gasteiger partial charge in [0.2, 0.25) is 0 Å². The normalized spacial score (nSPS) is 10.1. The van der Waals surface area contributed by atoms with Gasteiger partial charge in [0, 0.05) is 17.2 Å². The number of hydrogen-bond donors (Lipinski definition) is 2. The fraction of sp³-hybridized carbons (Fsp3) is 0.0909. The molecule has 2 N–H and O–H groups in total. The Morgan fingerprint density at radius 1 is 1.44 bits per heavy atom. The summed E-state index contributed by atoms with van der Waals surface area (Å²) in [5.74, 6) is -0.165. The van der Waals surface area contributed by atoms with Gasteiger partial charge in [-0.2, -0.15) is 5.10 Å². The fourth-order valence-corrected chi connectivity index (χ4v) is 1.82. The Kier molecular flexibility index (Phi) is 3.36. The number of alkyl halides is 1. The highest BCUT2D eigenvalue weighted by Crippen LogP contribution is 2.18. The SMILES string of the molecule is O=C(Nc1ccccc1CBr)c1cn[nH]c1. The molecule has 5 heteroatoms. The number of aromatic nitrogens is 2. The number of hydrogen-bond acceptors (Lipinski definition) is 2. The largest absolute Gasteiger partial charge is 0.322 e. The number of halogens is 1. The third-order valence-electron chi connectivity index (χ3n) is 2.17. The number of carbonyl (C=O) groups excluding carboxylic acids is 1. The summed E-state index contributed by atoms with van der Waals surface area (Å²) in [5.41, 5.74) is 2.37. The molecule has 0 saturated carbocycles. The first-order chi connectivity index (χ1) is 7.81. The van der Waals surface area contributed by atoms with Crippen molar-refractivity contribution in [3.63, 3.8) is 0 Å². The number of rotatable bonds is 3. The van der Waals surface area contributed by atoms with Gasteiger partial charge in [0.15, 0.2) is 0 Å². The van der Waals surface area contributed by atoms with Crippen molar-refractivity contribution in [2.75, 3.05) is 5.32 Å². The molecule has 0 unspecified atom stereocenters. The van der Waals surface area contributed by atoms with Crippen molar-refractivity contribution in [3.8, 4) is 0 Å². The molecule has 0 aliphatic rings. The van der Waals surface area contributed by atoms with Gasteiger partial charge in [0.1, 0.15) is 0 Å². The first-order valence-corrected chi connectivity index (χ1v) is 5.87. The molecule has 1 aromatic heterocycles. The number of carbonyl (C=O) groups is 1. The molecule has 0 aliphatic heterocycles.